The molecule has 6 nitrogen and oxygen atoms in total. The third-order valence-electron chi connectivity index (χ3n) is 4.45. The zero-order valence-corrected chi connectivity index (χ0v) is 14.0. The van der Waals surface area contributed by atoms with Gasteiger partial charge in [-0.25, -0.2) is 0 Å². The molecule has 0 aromatic heterocycles. The normalized spacial score (nSPS) is 20.8. The van der Waals surface area contributed by atoms with Crippen molar-refractivity contribution in [2.75, 3.05) is 14.2 Å². The van der Waals surface area contributed by atoms with Crippen molar-refractivity contribution < 1.29 is 23.9 Å². The Kier molecular flexibility index (Phi) is 4.34. The molecule has 122 valence electrons. The van der Waals surface area contributed by atoms with Crippen molar-refractivity contribution in [3.63, 3.8) is 0 Å². The van der Waals surface area contributed by atoms with Crippen LogP contribution in [0.4, 0.5) is 0 Å². The molecule has 1 saturated heterocycles. The van der Waals surface area contributed by atoms with Crippen LogP contribution in [0.25, 0.3) is 0 Å². The molecule has 0 radical (unpaired) electrons. The fourth-order valence-corrected chi connectivity index (χ4v) is 2.38. The van der Waals surface area contributed by atoms with Crippen LogP contribution in [0.15, 0.2) is 12.1 Å². The second-order valence-electron chi connectivity index (χ2n) is 6.41. The lowest BCUT2D eigenvalue weighted by Crippen LogP contribution is -2.41. The highest BCUT2D eigenvalue weighted by Gasteiger charge is 2.54. The van der Waals surface area contributed by atoms with Crippen molar-refractivity contribution in [1.29, 1.82) is 0 Å². The zero-order valence-electron chi connectivity index (χ0n) is 14.0. The van der Waals surface area contributed by atoms with E-state index in [0.29, 0.717) is 17.1 Å². The number of ether oxygens (including phenoxy) is 2. The van der Waals surface area contributed by atoms with E-state index >= 15 is 0 Å². The van der Waals surface area contributed by atoms with Gasteiger partial charge in [-0.05, 0) is 27.7 Å². The van der Waals surface area contributed by atoms with Crippen LogP contribution in [0.2, 0.25) is 0 Å². The molecule has 3 N–H and O–H groups in total. The molecule has 0 saturated carbocycles. The van der Waals surface area contributed by atoms with Gasteiger partial charge in [0.25, 0.3) is 0 Å². The van der Waals surface area contributed by atoms with Crippen molar-refractivity contribution in [3.05, 3.63) is 17.7 Å². The van der Waals surface area contributed by atoms with Gasteiger partial charge in [-0.15, -0.1) is 0 Å². The van der Waals surface area contributed by atoms with E-state index in [1.165, 1.54) is 20.3 Å². The Balaban J connectivity index is 2.37. The number of phenolic OH excluding ortho intramolecular Hbond substituents is 1. The summed E-state index contributed by atoms with van der Waals surface area (Å²) < 4.78 is 22.3. The predicted molar refractivity (Wildman–Crippen MR) is 84.2 cm³/mol. The van der Waals surface area contributed by atoms with Crippen molar-refractivity contribution >= 4 is 7.12 Å². The van der Waals surface area contributed by atoms with Gasteiger partial charge < -0.3 is 29.6 Å². The summed E-state index contributed by atoms with van der Waals surface area (Å²) in [7, 11) is 2.34. The van der Waals surface area contributed by atoms with Gasteiger partial charge in [-0.3, -0.25) is 0 Å². The average Bonchev–Trinajstić information content (AvgIpc) is 2.65. The van der Waals surface area contributed by atoms with Crippen molar-refractivity contribution in [2.24, 2.45) is 5.73 Å². The summed E-state index contributed by atoms with van der Waals surface area (Å²) in [5.41, 5.74) is 5.72. The molecule has 0 unspecified atom stereocenters. The lowest BCUT2D eigenvalue weighted by atomic mass is 9.74. The van der Waals surface area contributed by atoms with Crippen molar-refractivity contribution in [1.82, 2.24) is 0 Å². The molecule has 1 aliphatic rings. The fraction of sp³-hybridized carbons (Fsp3) is 0.600. The number of phenols is 1. The van der Waals surface area contributed by atoms with Gasteiger partial charge in [0.1, 0.15) is 17.2 Å². The summed E-state index contributed by atoms with van der Waals surface area (Å²) in [5.74, 6) is 0.207. The number of nitrogens with two attached hydrogens (primary N) is 1. The summed E-state index contributed by atoms with van der Waals surface area (Å²) in [4.78, 5) is 0. The summed E-state index contributed by atoms with van der Waals surface area (Å²) in [5, 5.41) is 10.3. The maximum atomic E-state index is 10.3. The molecule has 22 heavy (non-hydrogen) atoms. The van der Waals surface area contributed by atoms with Crippen LogP contribution >= 0.6 is 0 Å². The molecule has 1 aromatic rings. The smallest absolute Gasteiger partial charge is 0.480 e. The Morgan fingerprint density at radius 3 is 2.09 bits per heavy atom. The third kappa shape index (κ3) is 2.76. The van der Waals surface area contributed by atoms with E-state index in [0.717, 1.165) is 0 Å². The highest BCUT2D eigenvalue weighted by Crippen LogP contribution is 2.43. The molecule has 0 amide bonds. The number of hydrogen-bond acceptors (Lipinski definition) is 6. The molecule has 2 rings (SSSR count). The minimum absolute atomic E-state index is 0.0154. The molecule has 1 aliphatic heterocycles. The lowest BCUT2D eigenvalue weighted by Gasteiger charge is -2.32. The van der Waals surface area contributed by atoms with E-state index in [9.17, 15) is 5.11 Å². The Morgan fingerprint density at radius 2 is 1.64 bits per heavy atom. The van der Waals surface area contributed by atoms with Gasteiger partial charge in [0.05, 0.1) is 36.9 Å². The molecule has 1 heterocycles. The van der Waals surface area contributed by atoms with E-state index < -0.39 is 24.3 Å². The minimum atomic E-state index is -0.693. The highest BCUT2D eigenvalue weighted by molar-refractivity contribution is 6.47. The Hall–Kier alpha value is -1.44. The standard InChI is InChI=1S/C15H24BNO5/c1-14(2)15(3,4)22-16(21-14)13(17)12-10(18)7-9(19-5)8-11(12)20-6/h7-8,13,18H,17H2,1-6H3/t13-/m1/s1. The van der Waals surface area contributed by atoms with Crippen LogP contribution in [0.5, 0.6) is 17.2 Å². The number of aromatic hydroxyl groups is 1. The highest BCUT2D eigenvalue weighted by atomic mass is 16.7. The average molecular weight is 309 g/mol. The number of methoxy groups -OCH3 is 2. The molecular weight excluding hydrogens is 285 g/mol. The molecule has 1 fully saturated rings. The molecule has 1 atom stereocenters. The SMILES string of the molecule is COc1cc(O)c([C@@H](N)B2OC(C)(C)C(C)(C)O2)c(OC)c1. The first-order valence-corrected chi connectivity index (χ1v) is 7.19. The van der Waals surface area contributed by atoms with Gasteiger partial charge in [0, 0.05) is 12.1 Å². The second kappa shape index (κ2) is 5.64. The second-order valence-corrected chi connectivity index (χ2v) is 6.41. The predicted octanol–water partition coefficient (Wildman–Crippen LogP) is 2.04. The van der Waals surface area contributed by atoms with E-state index in [2.05, 4.69) is 0 Å². The van der Waals surface area contributed by atoms with Crippen LogP contribution in [0.1, 0.15) is 39.2 Å². The van der Waals surface area contributed by atoms with Crippen molar-refractivity contribution in [3.8, 4) is 17.2 Å². The van der Waals surface area contributed by atoms with Gasteiger partial charge >= 0.3 is 7.12 Å². The largest absolute Gasteiger partial charge is 0.507 e. The van der Waals surface area contributed by atoms with E-state index in [1.807, 2.05) is 27.7 Å². The van der Waals surface area contributed by atoms with Crippen molar-refractivity contribution in [2.45, 2.75) is 44.8 Å². The number of rotatable bonds is 4. The quantitative estimate of drug-likeness (QED) is 0.828. The van der Waals surface area contributed by atoms with Crippen LogP contribution in [0, 0.1) is 0 Å². The van der Waals surface area contributed by atoms with Gasteiger partial charge in [-0.2, -0.15) is 0 Å². The maximum Gasteiger partial charge on any atom is 0.480 e. The van der Waals surface area contributed by atoms with E-state index in [4.69, 9.17) is 24.5 Å². The Labute approximate surface area is 131 Å². The topological polar surface area (TPSA) is 83.2 Å². The Bertz CT molecular complexity index is 545. The third-order valence-corrected chi connectivity index (χ3v) is 4.45. The summed E-state index contributed by atoms with van der Waals surface area (Å²) in [6, 6.07) is 3.16. The molecule has 7 heteroatoms. The molecule has 0 aliphatic carbocycles. The first-order chi connectivity index (χ1) is 10.1. The maximum absolute atomic E-state index is 10.3. The Morgan fingerprint density at radius 1 is 1.09 bits per heavy atom. The van der Waals surface area contributed by atoms with E-state index in [-0.39, 0.29) is 5.75 Å². The summed E-state index contributed by atoms with van der Waals surface area (Å²) in [6.45, 7) is 7.80. The first kappa shape index (κ1) is 16.9. The number of hydrogen-bond donors (Lipinski definition) is 2. The van der Waals surface area contributed by atoms with Crippen LogP contribution in [-0.4, -0.2) is 37.6 Å². The lowest BCUT2D eigenvalue weighted by molar-refractivity contribution is 0.00578. The molecule has 1 aromatic carbocycles. The molecular formula is C15H24BNO5. The zero-order chi connectivity index (χ0) is 16.7. The van der Waals surface area contributed by atoms with Gasteiger partial charge in [0.15, 0.2) is 0 Å². The summed E-state index contributed by atoms with van der Waals surface area (Å²) in [6.07, 6.45) is 0. The van der Waals surface area contributed by atoms with Gasteiger partial charge in [0.2, 0.25) is 0 Å². The van der Waals surface area contributed by atoms with Crippen LogP contribution in [0.3, 0.4) is 0 Å². The van der Waals surface area contributed by atoms with Crippen LogP contribution in [-0.2, 0) is 9.31 Å². The van der Waals surface area contributed by atoms with Crippen LogP contribution < -0.4 is 15.2 Å². The first-order valence-electron chi connectivity index (χ1n) is 7.19. The van der Waals surface area contributed by atoms with E-state index in [1.54, 1.807) is 6.07 Å². The fourth-order valence-electron chi connectivity index (χ4n) is 2.38. The summed E-state index contributed by atoms with van der Waals surface area (Å²) >= 11 is 0. The monoisotopic (exact) mass is 309 g/mol. The number of benzene rings is 1. The minimum Gasteiger partial charge on any atom is -0.507 e. The molecule has 0 spiro atoms. The molecule has 0 bridgehead atoms. The van der Waals surface area contributed by atoms with Gasteiger partial charge in [-0.1, -0.05) is 0 Å².